The molecule has 7 nitrogen and oxygen atoms in total. The molecule has 0 atom stereocenters. The molecule has 7 heteroatoms. The maximum atomic E-state index is 11.0. The lowest BCUT2D eigenvalue weighted by molar-refractivity contribution is -0.384. The van der Waals surface area contributed by atoms with Crippen LogP contribution in [-0.2, 0) is 6.42 Å². The molecule has 0 amide bonds. The van der Waals surface area contributed by atoms with E-state index < -0.39 is 4.92 Å². The van der Waals surface area contributed by atoms with Crippen LogP contribution in [0.4, 0.5) is 5.69 Å². The van der Waals surface area contributed by atoms with Gasteiger partial charge in [0.15, 0.2) is 5.82 Å². The summed E-state index contributed by atoms with van der Waals surface area (Å²) in [5.41, 5.74) is 1.54. The fraction of sp³-hybridized carbons (Fsp3) is 0.176. The summed E-state index contributed by atoms with van der Waals surface area (Å²) >= 11 is 0. The SMILES string of the molecule is CCc1nnc(-c2cccc([N+](=O)[O-])c2)n1-c1ccc(OC)cc1. The van der Waals surface area contributed by atoms with E-state index in [1.165, 1.54) is 12.1 Å². The predicted molar refractivity (Wildman–Crippen MR) is 89.4 cm³/mol. The molecule has 3 rings (SSSR count). The third-order valence-electron chi connectivity index (χ3n) is 3.69. The molecule has 0 aliphatic heterocycles. The number of non-ortho nitro benzene ring substituents is 1. The minimum Gasteiger partial charge on any atom is -0.497 e. The first-order valence-corrected chi connectivity index (χ1v) is 7.47. The van der Waals surface area contributed by atoms with E-state index in [9.17, 15) is 10.1 Å². The maximum Gasteiger partial charge on any atom is 0.270 e. The molecule has 0 unspecified atom stereocenters. The number of ether oxygens (including phenoxy) is 1. The highest BCUT2D eigenvalue weighted by atomic mass is 16.6. The first kappa shape index (κ1) is 15.7. The van der Waals surface area contributed by atoms with Crippen LogP contribution in [0.15, 0.2) is 48.5 Å². The predicted octanol–water partition coefficient (Wildman–Crippen LogP) is 3.41. The number of methoxy groups -OCH3 is 1. The van der Waals surface area contributed by atoms with Gasteiger partial charge in [0.05, 0.1) is 12.0 Å². The Morgan fingerprint density at radius 1 is 1.17 bits per heavy atom. The molecule has 1 aromatic heterocycles. The Bertz CT molecular complexity index is 872. The van der Waals surface area contributed by atoms with Crippen LogP contribution in [-0.4, -0.2) is 26.8 Å². The Morgan fingerprint density at radius 2 is 1.92 bits per heavy atom. The van der Waals surface area contributed by atoms with Crippen LogP contribution in [0.1, 0.15) is 12.7 Å². The van der Waals surface area contributed by atoms with Crippen LogP contribution in [0.2, 0.25) is 0 Å². The second-order valence-electron chi connectivity index (χ2n) is 5.13. The standard InChI is InChI=1S/C17H16N4O3/c1-3-16-18-19-17(12-5-4-6-14(11-12)21(22)23)20(16)13-7-9-15(24-2)10-8-13/h4-11H,3H2,1-2H3. The number of nitrogens with zero attached hydrogens (tertiary/aromatic N) is 4. The number of hydrogen-bond donors (Lipinski definition) is 0. The van der Waals surface area contributed by atoms with Crippen molar-refractivity contribution >= 4 is 5.69 Å². The van der Waals surface area contributed by atoms with Gasteiger partial charge in [0.2, 0.25) is 0 Å². The van der Waals surface area contributed by atoms with E-state index in [-0.39, 0.29) is 5.69 Å². The largest absolute Gasteiger partial charge is 0.497 e. The van der Waals surface area contributed by atoms with E-state index >= 15 is 0 Å². The molecule has 0 spiro atoms. The third kappa shape index (κ3) is 2.83. The number of nitro groups is 1. The minimum absolute atomic E-state index is 0.0230. The van der Waals surface area contributed by atoms with Crippen molar-refractivity contribution in [3.05, 3.63) is 64.5 Å². The zero-order valence-electron chi connectivity index (χ0n) is 13.3. The summed E-state index contributed by atoms with van der Waals surface area (Å²) in [6.45, 7) is 1.99. The first-order chi connectivity index (χ1) is 11.6. The van der Waals surface area contributed by atoms with Crippen molar-refractivity contribution in [1.82, 2.24) is 14.8 Å². The Kier molecular flexibility index (Phi) is 4.24. The minimum atomic E-state index is -0.418. The Morgan fingerprint density at radius 3 is 2.54 bits per heavy atom. The van der Waals surface area contributed by atoms with Gasteiger partial charge in [-0.25, -0.2) is 0 Å². The molecule has 2 aromatic carbocycles. The van der Waals surface area contributed by atoms with Crippen molar-refractivity contribution in [2.24, 2.45) is 0 Å². The van der Waals surface area contributed by atoms with Crippen molar-refractivity contribution < 1.29 is 9.66 Å². The van der Waals surface area contributed by atoms with Crippen LogP contribution in [0.5, 0.6) is 5.75 Å². The number of hydrogen-bond acceptors (Lipinski definition) is 5. The zero-order valence-corrected chi connectivity index (χ0v) is 13.3. The van der Waals surface area contributed by atoms with Crippen molar-refractivity contribution in [3.8, 4) is 22.8 Å². The van der Waals surface area contributed by atoms with Gasteiger partial charge in [-0.05, 0) is 24.3 Å². The van der Waals surface area contributed by atoms with Crippen LogP contribution >= 0.6 is 0 Å². The molecule has 0 fully saturated rings. The second kappa shape index (κ2) is 6.49. The van der Waals surface area contributed by atoms with Gasteiger partial charge in [-0.3, -0.25) is 14.7 Å². The normalized spacial score (nSPS) is 10.6. The van der Waals surface area contributed by atoms with Gasteiger partial charge in [-0.1, -0.05) is 19.1 Å². The molecule has 0 aliphatic rings. The van der Waals surface area contributed by atoms with Gasteiger partial charge in [0.25, 0.3) is 5.69 Å². The van der Waals surface area contributed by atoms with Gasteiger partial charge >= 0.3 is 0 Å². The van der Waals surface area contributed by atoms with Crippen LogP contribution in [0.3, 0.4) is 0 Å². The summed E-state index contributed by atoms with van der Waals surface area (Å²) < 4.78 is 7.09. The summed E-state index contributed by atoms with van der Waals surface area (Å²) in [5, 5.41) is 19.5. The summed E-state index contributed by atoms with van der Waals surface area (Å²) in [7, 11) is 1.61. The zero-order chi connectivity index (χ0) is 17.1. The second-order valence-corrected chi connectivity index (χ2v) is 5.13. The highest BCUT2D eigenvalue weighted by molar-refractivity contribution is 5.62. The van der Waals surface area contributed by atoms with Crippen LogP contribution < -0.4 is 4.74 Å². The van der Waals surface area contributed by atoms with Gasteiger partial charge in [0, 0.05) is 29.8 Å². The average molecular weight is 324 g/mol. The Balaban J connectivity index is 2.14. The van der Waals surface area contributed by atoms with E-state index in [2.05, 4.69) is 10.2 Å². The van der Waals surface area contributed by atoms with E-state index in [4.69, 9.17) is 4.74 Å². The smallest absolute Gasteiger partial charge is 0.270 e. The molecule has 0 saturated carbocycles. The van der Waals surface area contributed by atoms with Gasteiger partial charge < -0.3 is 4.74 Å². The third-order valence-corrected chi connectivity index (χ3v) is 3.69. The van der Waals surface area contributed by atoms with Crippen molar-refractivity contribution in [2.45, 2.75) is 13.3 Å². The van der Waals surface area contributed by atoms with Gasteiger partial charge in [-0.15, -0.1) is 10.2 Å². The molecule has 1 heterocycles. The molecule has 122 valence electrons. The van der Waals surface area contributed by atoms with E-state index in [0.717, 1.165) is 17.3 Å². The molecule has 0 bridgehead atoms. The number of benzene rings is 2. The van der Waals surface area contributed by atoms with Crippen molar-refractivity contribution in [2.75, 3.05) is 7.11 Å². The van der Waals surface area contributed by atoms with E-state index in [1.807, 2.05) is 35.8 Å². The summed E-state index contributed by atoms with van der Waals surface area (Å²) in [5.74, 6) is 2.10. The van der Waals surface area contributed by atoms with E-state index in [0.29, 0.717) is 17.8 Å². The maximum absolute atomic E-state index is 11.0. The molecule has 0 radical (unpaired) electrons. The molecule has 24 heavy (non-hydrogen) atoms. The van der Waals surface area contributed by atoms with Gasteiger partial charge in [0.1, 0.15) is 11.6 Å². The lowest BCUT2D eigenvalue weighted by atomic mass is 10.2. The number of aryl methyl sites for hydroxylation is 1. The van der Waals surface area contributed by atoms with Crippen molar-refractivity contribution in [1.29, 1.82) is 0 Å². The summed E-state index contributed by atoms with van der Waals surface area (Å²) in [4.78, 5) is 10.6. The van der Waals surface area contributed by atoms with E-state index in [1.54, 1.807) is 19.2 Å². The lowest BCUT2D eigenvalue weighted by Gasteiger charge is -2.10. The number of aromatic nitrogens is 3. The molecule has 0 saturated heterocycles. The van der Waals surface area contributed by atoms with Crippen LogP contribution in [0.25, 0.3) is 17.1 Å². The molecular weight excluding hydrogens is 308 g/mol. The lowest BCUT2D eigenvalue weighted by Crippen LogP contribution is -2.02. The fourth-order valence-corrected chi connectivity index (χ4v) is 2.49. The topological polar surface area (TPSA) is 83.1 Å². The van der Waals surface area contributed by atoms with Gasteiger partial charge in [-0.2, -0.15) is 0 Å². The quantitative estimate of drug-likeness (QED) is 0.530. The number of rotatable bonds is 5. The molecule has 0 N–H and O–H groups in total. The molecule has 3 aromatic rings. The number of nitro benzene ring substituents is 1. The fourth-order valence-electron chi connectivity index (χ4n) is 2.49. The Labute approximate surface area is 138 Å². The first-order valence-electron chi connectivity index (χ1n) is 7.47. The Hall–Kier alpha value is -3.22. The van der Waals surface area contributed by atoms with Crippen LogP contribution in [0, 0.1) is 10.1 Å². The van der Waals surface area contributed by atoms with Crippen molar-refractivity contribution in [3.63, 3.8) is 0 Å². The monoisotopic (exact) mass is 324 g/mol. The highest BCUT2D eigenvalue weighted by Crippen LogP contribution is 2.27. The average Bonchev–Trinajstić information content (AvgIpc) is 3.06. The molecular formula is C17H16N4O3. The highest BCUT2D eigenvalue weighted by Gasteiger charge is 2.16. The molecule has 0 aliphatic carbocycles. The summed E-state index contributed by atoms with van der Waals surface area (Å²) in [6, 6.07) is 13.9. The summed E-state index contributed by atoms with van der Waals surface area (Å²) in [6.07, 6.45) is 0.688.